The number of likely N-dealkylation sites (tertiary alicyclic amines) is 2. The molecule has 2 saturated carbocycles. The van der Waals surface area contributed by atoms with Gasteiger partial charge >= 0.3 is 0 Å². The van der Waals surface area contributed by atoms with Crippen molar-refractivity contribution in [2.75, 3.05) is 0 Å². The van der Waals surface area contributed by atoms with E-state index in [4.69, 9.17) is 0 Å². The second-order valence-corrected chi connectivity index (χ2v) is 9.34. The Morgan fingerprint density at radius 3 is 1.27 bits per heavy atom. The van der Waals surface area contributed by atoms with Gasteiger partial charge in [-0.2, -0.15) is 0 Å². The average molecular weight is 408 g/mol. The predicted molar refractivity (Wildman–Crippen MR) is 108 cm³/mol. The summed E-state index contributed by atoms with van der Waals surface area (Å²) in [6, 6.07) is 7.60. The Balaban J connectivity index is 1.30. The molecule has 4 atom stereocenters. The number of imide groups is 2. The van der Waals surface area contributed by atoms with Crippen LogP contribution in [0.25, 0.3) is 0 Å². The van der Waals surface area contributed by atoms with Crippen LogP contribution in [0.5, 0.6) is 0 Å². The maximum atomic E-state index is 12.8. The summed E-state index contributed by atoms with van der Waals surface area (Å²) in [5, 5.41) is 0. The van der Waals surface area contributed by atoms with E-state index in [1.165, 1.54) is 9.80 Å². The molecule has 0 spiro atoms. The van der Waals surface area contributed by atoms with Crippen molar-refractivity contribution in [3.63, 3.8) is 0 Å². The van der Waals surface area contributed by atoms with Crippen LogP contribution in [0.1, 0.15) is 62.5 Å². The van der Waals surface area contributed by atoms with Gasteiger partial charge in [0.25, 0.3) is 0 Å². The van der Waals surface area contributed by atoms with E-state index in [-0.39, 0.29) is 60.4 Å². The smallest absolute Gasteiger partial charge is 0.233 e. The Bertz CT molecular complexity index is 793. The first kappa shape index (κ1) is 19.5. The monoisotopic (exact) mass is 408 g/mol. The lowest BCUT2D eigenvalue weighted by atomic mass is 9.81. The van der Waals surface area contributed by atoms with Gasteiger partial charge in [-0.25, -0.2) is 0 Å². The molecule has 4 fully saturated rings. The number of hydrogen-bond donors (Lipinski definition) is 0. The summed E-state index contributed by atoms with van der Waals surface area (Å²) < 4.78 is 0. The molecule has 1 aromatic rings. The number of benzene rings is 1. The molecule has 6 nitrogen and oxygen atoms in total. The number of carbonyl (C=O) groups excluding carboxylic acids is 4. The SMILES string of the molecule is O=C1C2CCCCC2C(=O)N1Cc1cccc(CN2C(=O)C3CCCCC3C2=O)c1. The molecule has 30 heavy (non-hydrogen) atoms. The highest BCUT2D eigenvalue weighted by atomic mass is 16.2. The molecule has 4 amide bonds. The second-order valence-electron chi connectivity index (χ2n) is 9.34. The maximum absolute atomic E-state index is 12.8. The Hall–Kier alpha value is -2.50. The van der Waals surface area contributed by atoms with E-state index in [9.17, 15) is 19.2 Å². The molecule has 0 N–H and O–H groups in total. The van der Waals surface area contributed by atoms with Crippen molar-refractivity contribution in [1.82, 2.24) is 9.80 Å². The number of nitrogens with zero attached hydrogens (tertiary/aromatic N) is 2. The summed E-state index contributed by atoms with van der Waals surface area (Å²) >= 11 is 0. The molecule has 2 heterocycles. The van der Waals surface area contributed by atoms with Crippen molar-refractivity contribution in [3.05, 3.63) is 35.4 Å². The fourth-order valence-corrected chi connectivity index (χ4v) is 5.97. The third kappa shape index (κ3) is 3.17. The molecule has 5 rings (SSSR count). The lowest BCUT2D eigenvalue weighted by molar-refractivity contribution is -0.142. The Kier molecular flexibility index (Phi) is 4.95. The molecule has 0 aromatic heterocycles. The van der Waals surface area contributed by atoms with E-state index in [1.807, 2.05) is 24.3 Å². The van der Waals surface area contributed by atoms with Crippen LogP contribution in [-0.4, -0.2) is 33.4 Å². The minimum atomic E-state index is -0.141. The molecule has 4 unspecified atom stereocenters. The summed E-state index contributed by atoms with van der Waals surface area (Å²) in [6.45, 7) is 0.539. The molecule has 158 valence electrons. The molecule has 4 aliphatic rings. The normalized spacial score (nSPS) is 31.3. The molecule has 0 radical (unpaired) electrons. The van der Waals surface area contributed by atoms with Gasteiger partial charge in [-0.3, -0.25) is 29.0 Å². The van der Waals surface area contributed by atoms with E-state index < -0.39 is 0 Å². The molecular formula is C24H28N2O4. The average Bonchev–Trinajstić information content (AvgIpc) is 3.15. The van der Waals surface area contributed by atoms with E-state index in [2.05, 4.69) is 0 Å². The number of hydrogen-bond acceptors (Lipinski definition) is 4. The van der Waals surface area contributed by atoms with Crippen LogP contribution < -0.4 is 0 Å². The lowest BCUT2D eigenvalue weighted by Gasteiger charge is -2.19. The molecule has 2 aliphatic heterocycles. The molecule has 1 aromatic carbocycles. The van der Waals surface area contributed by atoms with Gasteiger partial charge in [-0.05, 0) is 36.8 Å². The molecule has 6 heteroatoms. The van der Waals surface area contributed by atoms with E-state index in [0.717, 1.165) is 62.5 Å². The van der Waals surface area contributed by atoms with Gasteiger partial charge in [0.15, 0.2) is 0 Å². The van der Waals surface area contributed by atoms with Crippen LogP contribution in [0.2, 0.25) is 0 Å². The molecule has 0 bridgehead atoms. The maximum Gasteiger partial charge on any atom is 0.233 e. The highest BCUT2D eigenvalue weighted by Gasteiger charge is 2.49. The summed E-state index contributed by atoms with van der Waals surface area (Å²) in [7, 11) is 0. The standard InChI is InChI=1S/C24H28N2O4/c27-21-17-8-1-2-9-18(17)22(28)25(21)13-15-6-5-7-16(12-15)14-26-23(29)19-10-3-4-11-20(19)24(26)30/h5-7,12,17-20H,1-4,8-11,13-14H2. The van der Waals surface area contributed by atoms with Crippen LogP contribution in [0, 0.1) is 23.7 Å². The lowest BCUT2D eigenvalue weighted by Crippen LogP contribution is -2.31. The minimum Gasteiger partial charge on any atom is -0.278 e. The van der Waals surface area contributed by atoms with Gasteiger partial charge in [-0.1, -0.05) is 49.9 Å². The van der Waals surface area contributed by atoms with E-state index >= 15 is 0 Å². The number of fused-ring (bicyclic) bond motifs is 2. The van der Waals surface area contributed by atoms with Crippen molar-refractivity contribution in [2.45, 2.75) is 64.5 Å². The third-order valence-electron chi connectivity index (χ3n) is 7.54. The van der Waals surface area contributed by atoms with Crippen LogP contribution in [0.3, 0.4) is 0 Å². The number of carbonyl (C=O) groups is 4. The van der Waals surface area contributed by atoms with Gasteiger partial charge in [0.1, 0.15) is 0 Å². The summed E-state index contributed by atoms with van der Waals surface area (Å²) in [5.41, 5.74) is 1.73. The van der Waals surface area contributed by atoms with Gasteiger partial charge in [0.2, 0.25) is 23.6 Å². The Labute approximate surface area is 176 Å². The molecule has 2 aliphatic carbocycles. The summed E-state index contributed by atoms with van der Waals surface area (Å²) in [5.74, 6) is -0.716. The van der Waals surface area contributed by atoms with Gasteiger partial charge in [0, 0.05) is 0 Å². The first-order valence-electron chi connectivity index (χ1n) is 11.3. The van der Waals surface area contributed by atoms with E-state index in [0.29, 0.717) is 0 Å². The number of amides is 4. The highest BCUT2D eigenvalue weighted by Crippen LogP contribution is 2.40. The summed E-state index contributed by atoms with van der Waals surface area (Å²) in [6.07, 6.45) is 7.32. The van der Waals surface area contributed by atoms with Gasteiger partial charge in [-0.15, -0.1) is 0 Å². The Morgan fingerprint density at radius 2 is 0.933 bits per heavy atom. The second kappa shape index (κ2) is 7.64. The predicted octanol–water partition coefficient (Wildman–Crippen LogP) is 3.04. The van der Waals surface area contributed by atoms with Crippen molar-refractivity contribution in [2.24, 2.45) is 23.7 Å². The molecule has 2 saturated heterocycles. The number of rotatable bonds is 4. The van der Waals surface area contributed by atoms with Crippen LogP contribution >= 0.6 is 0 Å². The van der Waals surface area contributed by atoms with Crippen LogP contribution in [0.15, 0.2) is 24.3 Å². The first-order chi connectivity index (χ1) is 14.5. The Morgan fingerprint density at radius 1 is 0.600 bits per heavy atom. The molecular weight excluding hydrogens is 380 g/mol. The van der Waals surface area contributed by atoms with Gasteiger partial charge in [0.05, 0.1) is 36.8 Å². The summed E-state index contributed by atoms with van der Waals surface area (Å²) in [4.78, 5) is 53.9. The van der Waals surface area contributed by atoms with Crippen molar-refractivity contribution < 1.29 is 19.2 Å². The zero-order valence-corrected chi connectivity index (χ0v) is 17.2. The van der Waals surface area contributed by atoms with E-state index in [1.54, 1.807) is 0 Å². The topological polar surface area (TPSA) is 74.8 Å². The fourth-order valence-electron chi connectivity index (χ4n) is 5.97. The van der Waals surface area contributed by atoms with Crippen LogP contribution in [0.4, 0.5) is 0 Å². The van der Waals surface area contributed by atoms with Gasteiger partial charge < -0.3 is 0 Å². The third-order valence-corrected chi connectivity index (χ3v) is 7.54. The van der Waals surface area contributed by atoms with Crippen molar-refractivity contribution in [3.8, 4) is 0 Å². The quantitative estimate of drug-likeness (QED) is 0.718. The minimum absolute atomic E-state index is 0.0379. The zero-order valence-electron chi connectivity index (χ0n) is 17.2. The van der Waals surface area contributed by atoms with Crippen molar-refractivity contribution >= 4 is 23.6 Å². The first-order valence-corrected chi connectivity index (χ1v) is 11.3. The largest absolute Gasteiger partial charge is 0.278 e. The zero-order chi connectivity index (χ0) is 20.8. The fraction of sp³-hybridized carbons (Fsp3) is 0.583. The highest BCUT2D eigenvalue weighted by molar-refractivity contribution is 6.05. The van der Waals surface area contributed by atoms with Crippen LogP contribution in [-0.2, 0) is 32.3 Å². The van der Waals surface area contributed by atoms with Crippen molar-refractivity contribution in [1.29, 1.82) is 0 Å².